The number of anilines is 1. The van der Waals surface area contributed by atoms with Gasteiger partial charge in [-0.25, -0.2) is 0 Å². The third-order valence-electron chi connectivity index (χ3n) is 3.29. The Kier molecular flexibility index (Phi) is 4.93. The smallest absolute Gasteiger partial charge is 0.377 e. The number of rotatable bonds is 4. The third-order valence-corrected chi connectivity index (χ3v) is 3.29. The molecule has 2 rings (SSSR count). The molecule has 0 spiro atoms. The fraction of sp³-hybridized carbons (Fsp3) is 0.400. The lowest BCUT2D eigenvalue weighted by atomic mass is 10.0. The van der Waals surface area contributed by atoms with E-state index in [1.54, 1.807) is 13.8 Å². The number of aliphatic hydroxyl groups excluding tert-OH is 1. The molecule has 2 N–H and O–H groups in total. The van der Waals surface area contributed by atoms with Crippen molar-refractivity contribution < 1.29 is 32.3 Å². The number of hydrogen-bond acceptors (Lipinski definition) is 4. The van der Waals surface area contributed by atoms with E-state index in [4.69, 9.17) is 4.52 Å². The van der Waals surface area contributed by atoms with E-state index in [0.717, 1.165) is 12.1 Å². The summed E-state index contributed by atoms with van der Waals surface area (Å²) in [6.07, 6.45) is -5.78. The van der Waals surface area contributed by atoms with Crippen LogP contribution in [0.4, 0.5) is 19.1 Å². The van der Waals surface area contributed by atoms with Crippen LogP contribution in [0.15, 0.2) is 28.8 Å². The highest BCUT2D eigenvalue weighted by Crippen LogP contribution is 2.32. The number of amides is 1. The van der Waals surface area contributed by atoms with Gasteiger partial charge < -0.3 is 5.11 Å². The lowest BCUT2D eigenvalue weighted by molar-refractivity contribution is -0.787. The molecule has 0 aliphatic carbocycles. The summed E-state index contributed by atoms with van der Waals surface area (Å²) < 4.78 is 44.3. The van der Waals surface area contributed by atoms with E-state index in [2.05, 4.69) is 10.6 Å². The van der Waals surface area contributed by atoms with Gasteiger partial charge in [-0.15, -0.1) is 0 Å². The summed E-state index contributed by atoms with van der Waals surface area (Å²) in [4.78, 5) is 11.2. The van der Waals surface area contributed by atoms with E-state index in [9.17, 15) is 23.1 Å². The Bertz CT molecular complexity index is 724. The predicted molar refractivity (Wildman–Crippen MR) is 76.9 cm³/mol. The van der Waals surface area contributed by atoms with Gasteiger partial charge in [0.1, 0.15) is 0 Å². The molecule has 0 saturated carbocycles. The molecule has 1 heterocycles. The highest BCUT2D eigenvalue weighted by atomic mass is 19.4. The standard InChI is InChI=1S/C15H16F3N3O3/c1-8(2)21-12(14(24-20-21)19-9(3)22)13(23)10-4-6-11(7-5-10)15(16,17)18/h4-8,13,23H,1-3H3/p+1/t13-/m1/s1. The fourth-order valence-electron chi connectivity index (χ4n) is 2.16. The Morgan fingerprint density at radius 3 is 2.33 bits per heavy atom. The number of carbonyl (C=O) groups excluding carboxylic acids is 1. The molecule has 0 radical (unpaired) electrons. The largest absolute Gasteiger partial charge is 0.416 e. The van der Waals surface area contributed by atoms with Crippen molar-refractivity contribution in [2.75, 3.05) is 5.32 Å². The van der Waals surface area contributed by atoms with Crippen molar-refractivity contribution in [3.63, 3.8) is 0 Å². The summed E-state index contributed by atoms with van der Waals surface area (Å²) in [5.74, 6) is -0.480. The first-order chi connectivity index (χ1) is 11.1. The molecule has 9 heteroatoms. The van der Waals surface area contributed by atoms with Crippen molar-refractivity contribution in [1.82, 2.24) is 5.27 Å². The van der Waals surface area contributed by atoms with Crippen molar-refractivity contribution in [3.05, 3.63) is 41.1 Å². The van der Waals surface area contributed by atoms with Crippen LogP contribution >= 0.6 is 0 Å². The van der Waals surface area contributed by atoms with Gasteiger partial charge in [-0.2, -0.15) is 13.2 Å². The quantitative estimate of drug-likeness (QED) is 0.836. The van der Waals surface area contributed by atoms with Crippen molar-refractivity contribution in [1.29, 1.82) is 0 Å². The summed E-state index contributed by atoms with van der Waals surface area (Å²) in [5.41, 5.74) is -0.449. The zero-order valence-corrected chi connectivity index (χ0v) is 13.3. The van der Waals surface area contributed by atoms with Crippen LogP contribution in [0.1, 0.15) is 49.7 Å². The molecule has 0 bridgehead atoms. The summed E-state index contributed by atoms with van der Waals surface area (Å²) in [5, 5.41) is 16.7. The maximum Gasteiger partial charge on any atom is 0.416 e. The zero-order chi connectivity index (χ0) is 18.1. The average molecular weight is 344 g/mol. The second-order valence-corrected chi connectivity index (χ2v) is 5.53. The number of benzene rings is 1. The molecule has 0 aliphatic rings. The van der Waals surface area contributed by atoms with Crippen LogP contribution < -0.4 is 10.00 Å². The zero-order valence-electron chi connectivity index (χ0n) is 13.3. The first-order valence-corrected chi connectivity index (χ1v) is 7.15. The van der Waals surface area contributed by atoms with E-state index < -0.39 is 23.8 Å². The Morgan fingerprint density at radius 1 is 1.29 bits per heavy atom. The molecule has 1 aromatic carbocycles. The van der Waals surface area contributed by atoms with Crippen LogP contribution in [0.3, 0.4) is 0 Å². The number of aliphatic hydroxyl groups is 1. The van der Waals surface area contributed by atoms with Gasteiger partial charge in [-0.05, 0) is 22.4 Å². The topological polar surface area (TPSA) is 79.2 Å². The van der Waals surface area contributed by atoms with Gasteiger partial charge in [-0.3, -0.25) is 14.6 Å². The van der Waals surface area contributed by atoms with Gasteiger partial charge in [0.15, 0.2) is 12.1 Å². The van der Waals surface area contributed by atoms with Crippen LogP contribution in [0, 0.1) is 0 Å². The molecule has 1 aromatic heterocycles. The van der Waals surface area contributed by atoms with Crippen molar-refractivity contribution in [2.45, 2.75) is 39.1 Å². The van der Waals surface area contributed by atoms with E-state index >= 15 is 0 Å². The minimum Gasteiger partial charge on any atom is -0.377 e. The first kappa shape index (κ1) is 17.9. The monoisotopic (exact) mass is 344 g/mol. The van der Waals surface area contributed by atoms with Crippen LogP contribution in [0.2, 0.25) is 0 Å². The molecule has 24 heavy (non-hydrogen) atoms. The maximum atomic E-state index is 12.6. The number of carbonyl (C=O) groups is 1. The third kappa shape index (κ3) is 3.73. The van der Waals surface area contributed by atoms with Crippen molar-refractivity contribution in [2.24, 2.45) is 0 Å². The molecule has 1 atom stereocenters. The Hall–Kier alpha value is -2.42. The highest BCUT2D eigenvalue weighted by Gasteiger charge is 2.36. The van der Waals surface area contributed by atoms with Crippen LogP contribution in [-0.2, 0) is 11.0 Å². The van der Waals surface area contributed by atoms with Gasteiger partial charge in [0, 0.05) is 20.8 Å². The van der Waals surface area contributed by atoms with Crippen LogP contribution in [0.5, 0.6) is 0 Å². The summed E-state index contributed by atoms with van der Waals surface area (Å²) in [6.45, 7) is 4.82. The second kappa shape index (κ2) is 6.60. The molecule has 6 nitrogen and oxygen atoms in total. The van der Waals surface area contributed by atoms with Gasteiger partial charge >= 0.3 is 17.8 Å². The minimum atomic E-state index is -4.46. The van der Waals surface area contributed by atoms with Gasteiger partial charge in [0.2, 0.25) is 11.2 Å². The van der Waals surface area contributed by atoms with E-state index in [1.165, 1.54) is 23.7 Å². The number of aromatic nitrogens is 2. The molecule has 0 aliphatic heterocycles. The van der Waals surface area contributed by atoms with Gasteiger partial charge in [0.05, 0.1) is 5.56 Å². The lowest BCUT2D eigenvalue weighted by Crippen LogP contribution is -2.43. The first-order valence-electron chi connectivity index (χ1n) is 7.15. The highest BCUT2D eigenvalue weighted by molar-refractivity contribution is 5.87. The fourth-order valence-corrected chi connectivity index (χ4v) is 2.16. The predicted octanol–water partition coefficient (Wildman–Crippen LogP) is 2.60. The molecular weight excluding hydrogens is 327 g/mol. The number of nitrogens with one attached hydrogen (secondary N) is 1. The van der Waals surface area contributed by atoms with Gasteiger partial charge in [0.25, 0.3) is 0 Å². The molecule has 130 valence electrons. The molecule has 0 fully saturated rings. The summed E-state index contributed by atoms with van der Waals surface area (Å²) >= 11 is 0. The molecule has 1 amide bonds. The number of nitrogens with zero attached hydrogens (tertiary/aromatic N) is 2. The van der Waals surface area contributed by atoms with Crippen LogP contribution in [0.25, 0.3) is 0 Å². The average Bonchev–Trinajstić information content (AvgIpc) is 2.88. The van der Waals surface area contributed by atoms with E-state index in [-0.39, 0.29) is 23.2 Å². The van der Waals surface area contributed by atoms with E-state index in [0.29, 0.717) is 0 Å². The maximum absolute atomic E-state index is 12.6. The minimum absolute atomic E-state index is 0.0522. The SMILES string of the molecule is CC(=O)Nc1on[n+](C(C)C)c1[C@H](O)c1ccc(C(F)(F)F)cc1. The molecule has 0 unspecified atom stereocenters. The molecule has 2 aromatic rings. The van der Waals surface area contributed by atoms with E-state index in [1.807, 2.05) is 0 Å². The van der Waals surface area contributed by atoms with Crippen molar-refractivity contribution in [3.8, 4) is 0 Å². The number of alkyl halides is 3. The second-order valence-electron chi connectivity index (χ2n) is 5.53. The summed E-state index contributed by atoms with van der Waals surface area (Å²) in [6, 6.07) is 3.90. The molecular formula is C15H17F3N3O3+. The van der Waals surface area contributed by atoms with Crippen molar-refractivity contribution >= 4 is 11.8 Å². The van der Waals surface area contributed by atoms with Gasteiger partial charge in [-0.1, -0.05) is 12.1 Å². The molecule has 0 saturated heterocycles. The Morgan fingerprint density at radius 2 is 1.88 bits per heavy atom. The van der Waals surface area contributed by atoms with Crippen LogP contribution in [-0.4, -0.2) is 16.3 Å². The number of hydrogen-bond donors (Lipinski definition) is 2. The summed E-state index contributed by atoms with van der Waals surface area (Å²) in [7, 11) is 0. The number of halogens is 3. The Balaban J connectivity index is 2.42. The Labute approximate surface area is 135 Å². The lowest BCUT2D eigenvalue weighted by Gasteiger charge is -2.11. The normalized spacial score (nSPS) is 13.2.